The molecule has 0 saturated carbocycles. The van der Waals surface area contributed by atoms with Crippen molar-refractivity contribution in [3.05, 3.63) is 35.9 Å². The summed E-state index contributed by atoms with van der Waals surface area (Å²) < 4.78 is 5.81. The first-order valence-electron chi connectivity index (χ1n) is 10.8. The number of benzene rings is 1. The fraction of sp³-hybridized carbons (Fsp3) is 0.739. The molecule has 0 saturated heterocycles. The summed E-state index contributed by atoms with van der Waals surface area (Å²) in [7, 11) is 2.27. The second kappa shape index (κ2) is 19.2. The van der Waals surface area contributed by atoms with Gasteiger partial charge < -0.3 is 22.0 Å². The smallest absolute Gasteiger partial charge is 0.101 e. The number of quaternary nitrogens is 1. The summed E-state index contributed by atoms with van der Waals surface area (Å²) in [5, 5.41) is 0. The minimum Gasteiger partial charge on any atom is -1.00 e. The molecular formula is C23H42ClNO. The van der Waals surface area contributed by atoms with E-state index in [0.29, 0.717) is 0 Å². The van der Waals surface area contributed by atoms with Gasteiger partial charge in [0.25, 0.3) is 0 Å². The lowest BCUT2D eigenvalue weighted by Gasteiger charge is -2.14. The number of hydrogen-bond acceptors (Lipinski definition) is 1. The molecule has 1 aromatic carbocycles. The van der Waals surface area contributed by atoms with Crippen LogP contribution in [0.25, 0.3) is 0 Å². The van der Waals surface area contributed by atoms with Crippen molar-refractivity contribution in [3.8, 4) is 0 Å². The standard InChI is InChI=1S/C23H41NO.ClH/c1-3-4-5-6-7-8-9-10-11-15-21-25-22-20-24(2)19-18-23-16-13-12-14-17-23;/h12-14,16-17H,3-11,15,18-22H2,1-2H3;1H. The Morgan fingerprint density at radius 3 is 1.92 bits per heavy atom. The Morgan fingerprint density at radius 1 is 0.731 bits per heavy atom. The van der Waals surface area contributed by atoms with Crippen molar-refractivity contribution >= 4 is 0 Å². The zero-order chi connectivity index (χ0) is 18.0. The molecule has 0 bridgehead atoms. The zero-order valence-corrected chi connectivity index (χ0v) is 18.0. The van der Waals surface area contributed by atoms with Crippen molar-refractivity contribution in [2.45, 2.75) is 77.6 Å². The average Bonchev–Trinajstić information content (AvgIpc) is 2.64. The molecule has 0 aromatic heterocycles. The molecule has 1 rings (SSSR count). The molecule has 2 nitrogen and oxygen atoms in total. The molecule has 0 amide bonds. The predicted octanol–water partition coefficient (Wildman–Crippen LogP) is 1.69. The van der Waals surface area contributed by atoms with E-state index in [-0.39, 0.29) is 12.4 Å². The fourth-order valence-corrected chi connectivity index (χ4v) is 3.17. The summed E-state index contributed by atoms with van der Waals surface area (Å²) in [4.78, 5) is 1.56. The van der Waals surface area contributed by atoms with Gasteiger partial charge in [-0.05, 0) is 12.0 Å². The minimum atomic E-state index is 0. The third kappa shape index (κ3) is 15.7. The maximum Gasteiger partial charge on any atom is 0.101 e. The Labute approximate surface area is 169 Å². The van der Waals surface area contributed by atoms with Gasteiger partial charge in [0.2, 0.25) is 0 Å². The van der Waals surface area contributed by atoms with Crippen LogP contribution in [0.1, 0.15) is 76.7 Å². The maximum atomic E-state index is 5.81. The molecule has 0 radical (unpaired) electrons. The van der Waals surface area contributed by atoms with Gasteiger partial charge in [0.05, 0.1) is 20.2 Å². The van der Waals surface area contributed by atoms with Crippen LogP contribution in [0.3, 0.4) is 0 Å². The summed E-state index contributed by atoms with van der Waals surface area (Å²) in [5.41, 5.74) is 1.44. The second-order valence-corrected chi connectivity index (χ2v) is 7.49. The van der Waals surface area contributed by atoms with Gasteiger partial charge in [-0.25, -0.2) is 0 Å². The summed E-state index contributed by atoms with van der Waals surface area (Å²) in [5.74, 6) is 0. The zero-order valence-electron chi connectivity index (χ0n) is 17.3. The van der Waals surface area contributed by atoms with Crippen LogP contribution < -0.4 is 17.3 Å². The molecule has 0 spiro atoms. The van der Waals surface area contributed by atoms with E-state index < -0.39 is 0 Å². The van der Waals surface area contributed by atoms with Gasteiger partial charge in [0, 0.05) is 13.0 Å². The Bertz CT molecular complexity index is 385. The molecule has 1 aromatic rings. The number of halogens is 1. The van der Waals surface area contributed by atoms with Crippen LogP contribution in [-0.2, 0) is 11.2 Å². The van der Waals surface area contributed by atoms with Crippen LogP contribution in [0.4, 0.5) is 0 Å². The predicted molar refractivity (Wildman–Crippen MR) is 109 cm³/mol. The van der Waals surface area contributed by atoms with Gasteiger partial charge in [-0.15, -0.1) is 0 Å². The molecule has 0 aliphatic carbocycles. The van der Waals surface area contributed by atoms with Gasteiger partial charge in [-0.3, -0.25) is 0 Å². The molecule has 1 atom stereocenters. The molecule has 26 heavy (non-hydrogen) atoms. The van der Waals surface area contributed by atoms with E-state index in [0.717, 1.165) is 26.2 Å². The lowest BCUT2D eigenvalue weighted by molar-refractivity contribution is -0.879. The molecule has 0 aliphatic rings. The molecular weight excluding hydrogens is 342 g/mol. The third-order valence-corrected chi connectivity index (χ3v) is 5.00. The van der Waals surface area contributed by atoms with Crippen LogP contribution in [-0.4, -0.2) is 33.4 Å². The fourth-order valence-electron chi connectivity index (χ4n) is 3.17. The first-order valence-corrected chi connectivity index (χ1v) is 10.8. The Balaban J connectivity index is 0.00000625. The molecule has 0 aliphatic heterocycles. The highest BCUT2D eigenvalue weighted by Crippen LogP contribution is 2.10. The van der Waals surface area contributed by atoms with Crippen LogP contribution in [0.15, 0.2) is 30.3 Å². The van der Waals surface area contributed by atoms with Crippen molar-refractivity contribution < 1.29 is 22.0 Å². The number of hydrogen-bond donors (Lipinski definition) is 1. The normalized spacial score (nSPS) is 11.9. The molecule has 3 heteroatoms. The third-order valence-electron chi connectivity index (χ3n) is 5.00. The lowest BCUT2D eigenvalue weighted by atomic mass is 10.1. The molecule has 152 valence electrons. The average molecular weight is 384 g/mol. The van der Waals surface area contributed by atoms with Crippen LogP contribution in [0.5, 0.6) is 0 Å². The van der Waals surface area contributed by atoms with Gasteiger partial charge >= 0.3 is 0 Å². The number of nitrogens with one attached hydrogen (secondary N) is 1. The SMILES string of the molecule is CCCCCCCCCCCCOCC[NH+](C)CCc1ccccc1.[Cl-]. The van der Waals surface area contributed by atoms with E-state index in [1.165, 1.54) is 76.3 Å². The van der Waals surface area contributed by atoms with E-state index >= 15 is 0 Å². The van der Waals surface area contributed by atoms with Crippen molar-refractivity contribution in [2.75, 3.05) is 33.4 Å². The number of ether oxygens (including phenoxy) is 1. The van der Waals surface area contributed by atoms with Gasteiger partial charge in [0.1, 0.15) is 6.54 Å². The molecule has 0 fully saturated rings. The number of rotatable bonds is 17. The van der Waals surface area contributed by atoms with Crippen molar-refractivity contribution in [3.63, 3.8) is 0 Å². The molecule has 1 N–H and O–H groups in total. The number of likely N-dealkylation sites (N-methyl/N-ethyl adjacent to an activating group) is 1. The summed E-state index contributed by atoms with van der Waals surface area (Å²) in [6.45, 7) is 6.43. The summed E-state index contributed by atoms with van der Waals surface area (Å²) >= 11 is 0. The highest BCUT2D eigenvalue weighted by molar-refractivity contribution is 5.14. The molecule has 1 unspecified atom stereocenters. The first-order chi connectivity index (χ1) is 12.3. The minimum absolute atomic E-state index is 0. The van der Waals surface area contributed by atoms with Gasteiger partial charge in [0.15, 0.2) is 0 Å². The monoisotopic (exact) mass is 383 g/mol. The lowest BCUT2D eigenvalue weighted by Crippen LogP contribution is -3.09. The van der Waals surface area contributed by atoms with E-state index in [2.05, 4.69) is 44.3 Å². The van der Waals surface area contributed by atoms with E-state index in [1.807, 2.05) is 0 Å². The van der Waals surface area contributed by atoms with Crippen molar-refractivity contribution in [2.24, 2.45) is 0 Å². The topological polar surface area (TPSA) is 13.7 Å². The van der Waals surface area contributed by atoms with Crippen LogP contribution in [0.2, 0.25) is 0 Å². The van der Waals surface area contributed by atoms with E-state index in [4.69, 9.17) is 4.74 Å². The highest BCUT2D eigenvalue weighted by Gasteiger charge is 2.02. The van der Waals surface area contributed by atoms with Crippen LogP contribution in [0, 0.1) is 0 Å². The van der Waals surface area contributed by atoms with Gasteiger partial charge in [-0.1, -0.05) is 95.0 Å². The largest absolute Gasteiger partial charge is 1.00 e. The summed E-state index contributed by atoms with van der Waals surface area (Å²) in [6, 6.07) is 10.8. The Hall–Kier alpha value is -0.570. The first kappa shape index (κ1) is 25.4. The van der Waals surface area contributed by atoms with Gasteiger partial charge in [-0.2, -0.15) is 0 Å². The molecule has 0 heterocycles. The maximum absolute atomic E-state index is 5.81. The number of unbranched alkanes of at least 4 members (excludes halogenated alkanes) is 9. The highest BCUT2D eigenvalue weighted by atomic mass is 35.5. The van der Waals surface area contributed by atoms with Crippen molar-refractivity contribution in [1.82, 2.24) is 0 Å². The Morgan fingerprint density at radius 2 is 1.31 bits per heavy atom. The van der Waals surface area contributed by atoms with E-state index in [1.54, 1.807) is 4.90 Å². The van der Waals surface area contributed by atoms with Crippen molar-refractivity contribution in [1.29, 1.82) is 0 Å². The van der Waals surface area contributed by atoms with Crippen LogP contribution >= 0.6 is 0 Å². The quantitative estimate of drug-likeness (QED) is 0.404. The van der Waals surface area contributed by atoms with E-state index in [9.17, 15) is 0 Å². The summed E-state index contributed by atoms with van der Waals surface area (Å²) in [6.07, 6.45) is 15.1. The Kier molecular flexibility index (Phi) is 18.8. The second-order valence-electron chi connectivity index (χ2n) is 7.49.